The van der Waals surface area contributed by atoms with Crippen LogP contribution in [0.1, 0.15) is 17.3 Å². The topological polar surface area (TPSA) is 33.3 Å². The predicted octanol–water partition coefficient (Wildman–Crippen LogP) is 7.48. The van der Waals surface area contributed by atoms with Crippen molar-refractivity contribution < 1.29 is 4.74 Å². The molecule has 0 aliphatic carbocycles. The molecule has 0 saturated heterocycles. The Morgan fingerprint density at radius 2 is 1.48 bits per heavy atom. The van der Waals surface area contributed by atoms with Gasteiger partial charge in [0.15, 0.2) is 0 Å². The zero-order valence-corrected chi connectivity index (χ0v) is 18.6. The second-order valence-electron chi connectivity index (χ2n) is 7.01. The molecule has 0 unspecified atom stereocenters. The van der Waals surface area contributed by atoms with Gasteiger partial charge in [-0.3, -0.25) is 0 Å². The third-order valence-corrected chi connectivity index (χ3v) is 6.13. The van der Waals surface area contributed by atoms with Crippen molar-refractivity contribution in [1.82, 2.24) is 0 Å². The van der Waals surface area contributed by atoms with Crippen LogP contribution in [0.15, 0.2) is 87.8 Å². The van der Waals surface area contributed by atoms with Gasteiger partial charge in [-0.1, -0.05) is 70.5 Å². The fourth-order valence-corrected chi connectivity index (χ4v) is 5.13. The predicted molar refractivity (Wildman–Crippen MR) is 127 cm³/mol. The molecular formula is C24H18Br2N2O. The van der Waals surface area contributed by atoms with E-state index >= 15 is 0 Å². The summed E-state index contributed by atoms with van der Waals surface area (Å²) < 4.78 is 8.18. The van der Waals surface area contributed by atoms with Crippen molar-refractivity contribution in [2.75, 3.05) is 10.6 Å². The Morgan fingerprint density at radius 3 is 2.17 bits per heavy atom. The Hall–Kier alpha value is -2.50. The largest absolute Gasteiger partial charge is 0.487 e. The Morgan fingerprint density at radius 1 is 0.793 bits per heavy atom. The van der Waals surface area contributed by atoms with Gasteiger partial charge < -0.3 is 15.4 Å². The van der Waals surface area contributed by atoms with Gasteiger partial charge in [-0.2, -0.15) is 0 Å². The lowest BCUT2D eigenvalue weighted by Crippen LogP contribution is -2.24. The van der Waals surface area contributed by atoms with Gasteiger partial charge in [0.05, 0.1) is 4.47 Å². The second kappa shape index (κ2) is 7.73. The quantitative estimate of drug-likeness (QED) is 0.299. The second-order valence-corrected chi connectivity index (χ2v) is 8.78. The molecule has 0 saturated carbocycles. The van der Waals surface area contributed by atoms with Gasteiger partial charge in [-0.05, 0) is 51.1 Å². The summed E-state index contributed by atoms with van der Waals surface area (Å²) in [6.07, 6.45) is -0.116. The van der Waals surface area contributed by atoms with Crippen LogP contribution in [0.5, 0.6) is 5.75 Å². The fraction of sp³-hybridized carbons (Fsp3) is 0.0833. The molecule has 4 aromatic carbocycles. The third-order valence-electron chi connectivity index (χ3n) is 5.08. The number of benzene rings is 4. The zero-order valence-electron chi connectivity index (χ0n) is 15.5. The van der Waals surface area contributed by atoms with Crippen LogP contribution < -0.4 is 15.4 Å². The van der Waals surface area contributed by atoms with Crippen LogP contribution >= 0.6 is 31.9 Å². The maximum atomic E-state index is 6.28. The minimum absolute atomic E-state index is 0.116. The molecule has 0 aromatic heterocycles. The number of hydrogen-bond donors (Lipinski definition) is 2. The summed E-state index contributed by atoms with van der Waals surface area (Å²) in [6.45, 7) is 0.507. The van der Waals surface area contributed by atoms with E-state index in [-0.39, 0.29) is 6.17 Å². The number of hydrogen-bond acceptors (Lipinski definition) is 3. The Kier molecular flexibility index (Phi) is 4.94. The van der Waals surface area contributed by atoms with Gasteiger partial charge in [0, 0.05) is 26.8 Å². The molecule has 2 N–H and O–H groups in total. The van der Waals surface area contributed by atoms with E-state index in [1.54, 1.807) is 0 Å². The molecule has 5 rings (SSSR count). The first-order valence-corrected chi connectivity index (χ1v) is 11.0. The van der Waals surface area contributed by atoms with E-state index < -0.39 is 0 Å². The van der Waals surface area contributed by atoms with Gasteiger partial charge >= 0.3 is 0 Å². The Balaban J connectivity index is 1.52. The third kappa shape index (κ3) is 3.61. The number of ether oxygens (including phenoxy) is 1. The van der Waals surface area contributed by atoms with Gasteiger partial charge in [-0.25, -0.2) is 0 Å². The molecule has 29 heavy (non-hydrogen) atoms. The van der Waals surface area contributed by atoms with Crippen molar-refractivity contribution in [1.29, 1.82) is 0 Å². The first-order valence-electron chi connectivity index (χ1n) is 9.39. The maximum absolute atomic E-state index is 6.28. The SMILES string of the molecule is Brc1cc(Br)c(OCc2ccccc2)c(C2Nc3cccc4cccc(c34)N2)c1. The highest BCUT2D eigenvalue weighted by molar-refractivity contribution is 9.11. The van der Waals surface area contributed by atoms with Crippen molar-refractivity contribution in [3.63, 3.8) is 0 Å². The van der Waals surface area contributed by atoms with Crippen molar-refractivity contribution in [3.8, 4) is 5.75 Å². The van der Waals surface area contributed by atoms with Crippen molar-refractivity contribution in [3.05, 3.63) is 98.9 Å². The zero-order chi connectivity index (χ0) is 19.8. The lowest BCUT2D eigenvalue weighted by atomic mass is 10.0. The van der Waals surface area contributed by atoms with Gasteiger partial charge in [0.1, 0.15) is 18.5 Å². The molecule has 0 amide bonds. The van der Waals surface area contributed by atoms with Crippen LogP contribution in [0.25, 0.3) is 10.8 Å². The van der Waals surface area contributed by atoms with E-state index in [0.717, 1.165) is 37.2 Å². The molecular weight excluding hydrogens is 492 g/mol. The summed E-state index contributed by atoms with van der Waals surface area (Å²) in [7, 11) is 0. The fourth-order valence-electron chi connectivity index (χ4n) is 3.76. The van der Waals surface area contributed by atoms with Crippen molar-refractivity contribution >= 4 is 54.0 Å². The monoisotopic (exact) mass is 508 g/mol. The molecule has 0 fully saturated rings. The molecule has 0 radical (unpaired) electrons. The van der Waals surface area contributed by atoms with Crippen molar-refractivity contribution in [2.45, 2.75) is 12.8 Å². The van der Waals surface area contributed by atoms with Crippen LogP contribution in [0.3, 0.4) is 0 Å². The summed E-state index contributed by atoms with van der Waals surface area (Å²) in [6, 6.07) is 27.0. The van der Waals surface area contributed by atoms with Crippen LogP contribution in [0, 0.1) is 0 Å². The van der Waals surface area contributed by atoms with E-state index in [2.05, 4.69) is 97.1 Å². The molecule has 3 nitrogen and oxygen atoms in total. The molecule has 0 atom stereocenters. The molecule has 5 heteroatoms. The Bertz CT molecular complexity index is 1150. The highest BCUT2D eigenvalue weighted by Crippen LogP contribution is 2.43. The van der Waals surface area contributed by atoms with Crippen LogP contribution in [-0.4, -0.2) is 0 Å². The van der Waals surface area contributed by atoms with Crippen molar-refractivity contribution in [2.24, 2.45) is 0 Å². The minimum atomic E-state index is -0.116. The van der Waals surface area contributed by atoms with Crippen LogP contribution in [-0.2, 0) is 6.61 Å². The van der Waals surface area contributed by atoms with E-state index in [0.29, 0.717) is 6.61 Å². The molecule has 1 aliphatic heterocycles. The smallest absolute Gasteiger partial charge is 0.141 e. The standard InChI is InChI=1S/C24H18Br2N2O/c25-17-12-18(23(19(26)13-17)29-14-15-6-2-1-3-7-15)24-27-20-10-4-8-16-9-5-11-21(28-24)22(16)20/h1-13,24,27-28H,14H2. The summed E-state index contributed by atoms with van der Waals surface area (Å²) in [4.78, 5) is 0. The summed E-state index contributed by atoms with van der Waals surface area (Å²) in [5.74, 6) is 0.827. The summed E-state index contributed by atoms with van der Waals surface area (Å²) >= 11 is 7.32. The van der Waals surface area contributed by atoms with E-state index in [9.17, 15) is 0 Å². The number of anilines is 2. The lowest BCUT2D eigenvalue weighted by Gasteiger charge is -2.31. The van der Waals surface area contributed by atoms with Crippen LogP contribution in [0.2, 0.25) is 0 Å². The number of nitrogens with one attached hydrogen (secondary N) is 2. The summed E-state index contributed by atoms with van der Waals surface area (Å²) in [5, 5.41) is 9.71. The molecule has 0 bridgehead atoms. The molecule has 1 heterocycles. The highest BCUT2D eigenvalue weighted by atomic mass is 79.9. The van der Waals surface area contributed by atoms with E-state index in [1.165, 1.54) is 10.8 Å². The number of halogens is 2. The van der Waals surface area contributed by atoms with Gasteiger partial charge in [-0.15, -0.1) is 0 Å². The Labute approximate surface area is 186 Å². The van der Waals surface area contributed by atoms with Gasteiger partial charge in [0.25, 0.3) is 0 Å². The lowest BCUT2D eigenvalue weighted by molar-refractivity contribution is 0.300. The average molecular weight is 510 g/mol. The molecule has 4 aromatic rings. The maximum Gasteiger partial charge on any atom is 0.141 e. The van der Waals surface area contributed by atoms with E-state index in [4.69, 9.17) is 4.74 Å². The molecule has 0 spiro atoms. The average Bonchev–Trinajstić information content (AvgIpc) is 2.74. The minimum Gasteiger partial charge on any atom is -0.487 e. The number of rotatable bonds is 4. The first-order chi connectivity index (χ1) is 14.2. The van der Waals surface area contributed by atoms with Crippen LogP contribution in [0.4, 0.5) is 11.4 Å². The molecule has 144 valence electrons. The highest BCUT2D eigenvalue weighted by Gasteiger charge is 2.24. The normalized spacial score (nSPS) is 13.0. The first kappa shape index (κ1) is 18.5. The molecule has 1 aliphatic rings. The van der Waals surface area contributed by atoms with Gasteiger partial charge in [0.2, 0.25) is 0 Å². The summed E-state index contributed by atoms with van der Waals surface area (Å²) in [5.41, 5.74) is 4.40. The van der Waals surface area contributed by atoms with E-state index in [1.807, 2.05) is 24.3 Å².